The smallest absolute Gasteiger partial charge is 0.298 e. The molecule has 1 atom stereocenters. The van der Waals surface area contributed by atoms with Gasteiger partial charge in [-0.3, -0.25) is 4.79 Å². The van der Waals surface area contributed by atoms with Gasteiger partial charge in [-0.25, -0.2) is 9.97 Å². The van der Waals surface area contributed by atoms with Crippen molar-refractivity contribution in [2.45, 2.75) is 13.0 Å². The third-order valence-electron chi connectivity index (χ3n) is 4.48. The minimum atomic E-state index is -0.321. The van der Waals surface area contributed by atoms with Crippen LogP contribution in [0, 0.1) is 0 Å². The summed E-state index contributed by atoms with van der Waals surface area (Å²) in [4.78, 5) is 26.5. The molecule has 3 heterocycles. The van der Waals surface area contributed by atoms with Gasteiger partial charge in [0.1, 0.15) is 6.04 Å². The zero-order valence-electron chi connectivity index (χ0n) is 15.5. The number of amides is 1. The Hall–Kier alpha value is -3.62. The van der Waals surface area contributed by atoms with Gasteiger partial charge in [-0.2, -0.15) is 4.98 Å². The van der Waals surface area contributed by atoms with E-state index in [0.717, 1.165) is 11.3 Å². The fourth-order valence-electron chi connectivity index (χ4n) is 2.97. The molecule has 0 spiro atoms. The molecule has 1 fully saturated rings. The van der Waals surface area contributed by atoms with Gasteiger partial charge in [0.05, 0.1) is 13.3 Å². The Labute approximate surface area is 161 Å². The van der Waals surface area contributed by atoms with Crippen molar-refractivity contribution in [2.24, 2.45) is 0 Å². The molecule has 1 aliphatic rings. The first-order valence-electron chi connectivity index (χ1n) is 8.89. The van der Waals surface area contributed by atoms with Crippen LogP contribution in [0.15, 0.2) is 47.1 Å². The standard InChI is InChI=1S/C19H20N6O3/c1-12-17(26)20-8-9-25(12)19-22-11-15(28-19)13-4-3-5-14(10-13)23-18-21-7-6-16(24-18)27-2/h3-7,10-12H,8-9H2,1-2H3,(H,20,26)(H,21,23,24). The van der Waals surface area contributed by atoms with Crippen LogP contribution in [0.4, 0.5) is 17.7 Å². The number of piperazine rings is 1. The fraction of sp³-hybridized carbons (Fsp3) is 0.263. The summed E-state index contributed by atoms with van der Waals surface area (Å²) in [6.45, 7) is 3.06. The van der Waals surface area contributed by atoms with E-state index in [1.54, 1.807) is 25.6 Å². The average molecular weight is 380 g/mol. The van der Waals surface area contributed by atoms with Crippen molar-refractivity contribution in [3.8, 4) is 17.2 Å². The van der Waals surface area contributed by atoms with Gasteiger partial charge in [0.2, 0.25) is 17.7 Å². The Morgan fingerprint density at radius 3 is 3.07 bits per heavy atom. The number of oxazole rings is 1. The number of carbonyl (C=O) groups is 1. The lowest BCUT2D eigenvalue weighted by Crippen LogP contribution is -2.54. The number of aromatic nitrogens is 3. The van der Waals surface area contributed by atoms with Crippen molar-refractivity contribution in [1.29, 1.82) is 0 Å². The van der Waals surface area contributed by atoms with Gasteiger partial charge in [-0.15, -0.1) is 0 Å². The molecule has 0 saturated carbocycles. The van der Waals surface area contributed by atoms with Crippen molar-refractivity contribution in [3.63, 3.8) is 0 Å². The topological polar surface area (TPSA) is 105 Å². The third-order valence-corrected chi connectivity index (χ3v) is 4.48. The lowest BCUT2D eigenvalue weighted by atomic mass is 10.1. The zero-order valence-corrected chi connectivity index (χ0v) is 15.5. The Balaban J connectivity index is 1.55. The molecular weight excluding hydrogens is 360 g/mol. The van der Waals surface area contributed by atoms with Gasteiger partial charge < -0.3 is 24.7 Å². The minimum Gasteiger partial charge on any atom is -0.481 e. The molecule has 2 N–H and O–H groups in total. The van der Waals surface area contributed by atoms with Crippen molar-refractivity contribution < 1.29 is 13.9 Å². The SMILES string of the molecule is COc1ccnc(Nc2cccc(-c3cnc(N4CCNC(=O)C4C)o3)c2)n1. The molecule has 28 heavy (non-hydrogen) atoms. The largest absolute Gasteiger partial charge is 0.481 e. The number of methoxy groups -OCH3 is 1. The molecule has 1 saturated heterocycles. The summed E-state index contributed by atoms with van der Waals surface area (Å²) >= 11 is 0. The van der Waals surface area contributed by atoms with Gasteiger partial charge in [0.25, 0.3) is 6.01 Å². The van der Waals surface area contributed by atoms with Crippen molar-refractivity contribution in [1.82, 2.24) is 20.3 Å². The monoisotopic (exact) mass is 380 g/mol. The summed E-state index contributed by atoms with van der Waals surface area (Å²) in [6.07, 6.45) is 3.28. The summed E-state index contributed by atoms with van der Waals surface area (Å²) < 4.78 is 11.0. The van der Waals surface area contributed by atoms with E-state index in [9.17, 15) is 4.79 Å². The van der Waals surface area contributed by atoms with E-state index in [4.69, 9.17) is 9.15 Å². The van der Waals surface area contributed by atoms with Crippen LogP contribution in [0.5, 0.6) is 5.88 Å². The minimum absolute atomic E-state index is 0.0320. The number of anilines is 3. The molecule has 2 aromatic heterocycles. The highest BCUT2D eigenvalue weighted by atomic mass is 16.5. The van der Waals surface area contributed by atoms with E-state index >= 15 is 0 Å². The lowest BCUT2D eigenvalue weighted by molar-refractivity contribution is -0.123. The van der Waals surface area contributed by atoms with Crippen molar-refractivity contribution >= 4 is 23.6 Å². The summed E-state index contributed by atoms with van der Waals surface area (Å²) in [7, 11) is 1.56. The number of rotatable bonds is 5. The molecule has 4 rings (SSSR count). The summed E-state index contributed by atoms with van der Waals surface area (Å²) in [5.41, 5.74) is 1.65. The van der Waals surface area contributed by atoms with Gasteiger partial charge in [0.15, 0.2) is 5.76 Å². The number of ether oxygens (including phenoxy) is 1. The van der Waals surface area contributed by atoms with Crippen LogP contribution in [0.2, 0.25) is 0 Å². The molecule has 0 radical (unpaired) electrons. The van der Waals surface area contributed by atoms with Gasteiger partial charge >= 0.3 is 0 Å². The number of benzene rings is 1. The fourth-order valence-corrected chi connectivity index (χ4v) is 2.97. The first-order chi connectivity index (χ1) is 13.6. The van der Waals surface area contributed by atoms with E-state index in [0.29, 0.717) is 36.7 Å². The van der Waals surface area contributed by atoms with Gasteiger partial charge in [0, 0.05) is 36.6 Å². The van der Waals surface area contributed by atoms with Crippen LogP contribution >= 0.6 is 0 Å². The maximum atomic E-state index is 11.9. The second-order valence-electron chi connectivity index (χ2n) is 6.30. The number of nitrogens with zero attached hydrogens (tertiary/aromatic N) is 4. The summed E-state index contributed by atoms with van der Waals surface area (Å²) in [5.74, 6) is 1.50. The number of nitrogens with one attached hydrogen (secondary N) is 2. The molecule has 1 aliphatic heterocycles. The molecule has 9 nitrogen and oxygen atoms in total. The molecule has 1 amide bonds. The highest BCUT2D eigenvalue weighted by molar-refractivity contribution is 5.85. The Bertz CT molecular complexity index is 989. The second kappa shape index (κ2) is 7.55. The highest BCUT2D eigenvalue weighted by Gasteiger charge is 2.28. The van der Waals surface area contributed by atoms with E-state index < -0.39 is 0 Å². The predicted molar refractivity (Wildman–Crippen MR) is 104 cm³/mol. The predicted octanol–water partition coefficient (Wildman–Crippen LogP) is 2.21. The first kappa shape index (κ1) is 17.8. The quantitative estimate of drug-likeness (QED) is 0.694. The number of carbonyl (C=O) groups excluding carboxylic acids is 1. The van der Waals surface area contributed by atoms with Crippen molar-refractivity contribution in [3.05, 3.63) is 42.7 Å². The van der Waals surface area contributed by atoms with Gasteiger partial charge in [-0.1, -0.05) is 12.1 Å². The van der Waals surface area contributed by atoms with Crippen LogP contribution < -0.4 is 20.3 Å². The average Bonchev–Trinajstić information content (AvgIpc) is 3.20. The third kappa shape index (κ3) is 3.59. The highest BCUT2D eigenvalue weighted by Crippen LogP contribution is 2.28. The van der Waals surface area contributed by atoms with E-state index in [1.165, 1.54) is 0 Å². The number of hydrogen-bond donors (Lipinski definition) is 2. The van der Waals surface area contributed by atoms with Gasteiger partial charge in [-0.05, 0) is 19.1 Å². The maximum absolute atomic E-state index is 11.9. The Morgan fingerprint density at radius 1 is 1.32 bits per heavy atom. The molecule has 0 aliphatic carbocycles. The number of hydrogen-bond acceptors (Lipinski definition) is 8. The normalized spacial score (nSPS) is 16.6. The van der Waals surface area contributed by atoms with Crippen LogP contribution in [-0.4, -0.2) is 47.1 Å². The summed E-state index contributed by atoms with van der Waals surface area (Å²) in [5, 5.41) is 5.97. The molecule has 3 aromatic rings. The Morgan fingerprint density at radius 2 is 2.21 bits per heavy atom. The van der Waals surface area contributed by atoms with Crippen molar-refractivity contribution in [2.75, 3.05) is 30.4 Å². The Kier molecular flexibility index (Phi) is 4.79. The lowest BCUT2D eigenvalue weighted by Gasteiger charge is -2.31. The van der Waals surface area contributed by atoms with Crippen LogP contribution in [0.1, 0.15) is 6.92 Å². The first-order valence-corrected chi connectivity index (χ1v) is 8.89. The maximum Gasteiger partial charge on any atom is 0.298 e. The second-order valence-corrected chi connectivity index (χ2v) is 6.30. The van der Waals surface area contributed by atoms with E-state index in [2.05, 4.69) is 25.6 Å². The van der Waals surface area contributed by atoms with E-state index in [-0.39, 0.29) is 11.9 Å². The molecule has 0 bridgehead atoms. The molecule has 9 heteroatoms. The molecule has 144 valence electrons. The van der Waals surface area contributed by atoms with Crippen LogP contribution in [-0.2, 0) is 4.79 Å². The van der Waals surface area contributed by atoms with Crippen LogP contribution in [0.3, 0.4) is 0 Å². The van der Waals surface area contributed by atoms with E-state index in [1.807, 2.05) is 36.1 Å². The van der Waals surface area contributed by atoms with Crippen LogP contribution in [0.25, 0.3) is 11.3 Å². The zero-order chi connectivity index (χ0) is 19.5. The molecular formula is C19H20N6O3. The molecule has 1 aromatic carbocycles. The summed E-state index contributed by atoms with van der Waals surface area (Å²) in [6, 6.07) is 9.44. The molecule has 1 unspecified atom stereocenters.